The van der Waals surface area contributed by atoms with Crippen molar-refractivity contribution in [3.05, 3.63) is 30.3 Å². The summed E-state index contributed by atoms with van der Waals surface area (Å²) in [6, 6.07) is 9.46. The van der Waals surface area contributed by atoms with Crippen molar-refractivity contribution < 1.29 is 17.9 Å². The molecule has 0 aliphatic rings. The molecule has 0 unspecified atom stereocenters. The number of nitrogens with zero attached hydrogens (tertiary/aromatic N) is 1. The number of hydrogen-bond acceptors (Lipinski definition) is 2. The Kier molecular flexibility index (Phi) is 12.5. The molecule has 0 amide bonds. The highest BCUT2D eigenvalue weighted by atomic mass is 127. The Balaban J connectivity index is 0.00000529. The summed E-state index contributed by atoms with van der Waals surface area (Å²) < 4.78 is 41.6. The molecule has 0 saturated carbocycles. The number of aliphatic imine (C=N–C) groups is 1. The van der Waals surface area contributed by atoms with Crippen molar-refractivity contribution in [3.63, 3.8) is 0 Å². The van der Waals surface area contributed by atoms with Crippen LogP contribution in [0.25, 0.3) is 0 Å². The number of benzene rings is 1. The molecule has 1 aromatic carbocycles. The number of para-hydroxylation sites is 1. The molecular weight excluding hydrogens is 434 g/mol. The topological polar surface area (TPSA) is 45.7 Å². The average molecular weight is 459 g/mol. The second kappa shape index (κ2) is 13.1. The van der Waals surface area contributed by atoms with E-state index in [9.17, 15) is 13.2 Å². The summed E-state index contributed by atoms with van der Waals surface area (Å²) in [7, 11) is 0. The highest BCUT2D eigenvalue weighted by Gasteiger charge is 2.25. The average Bonchev–Trinajstić information content (AvgIpc) is 2.51. The van der Waals surface area contributed by atoms with Gasteiger partial charge in [-0.05, 0) is 31.9 Å². The van der Waals surface area contributed by atoms with Crippen LogP contribution >= 0.6 is 24.0 Å². The largest absolute Gasteiger partial charge is 0.492 e. The van der Waals surface area contributed by atoms with E-state index in [2.05, 4.69) is 15.6 Å². The van der Waals surface area contributed by atoms with E-state index in [0.717, 1.165) is 5.75 Å². The third kappa shape index (κ3) is 12.3. The number of ether oxygens (including phenoxy) is 1. The molecule has 0 atom stereocenters. The molecular formula is C16H25F3IN3O. The van der Waals surface area contributed by atoms with Gasteiger partial charge in [-0.3, -0.25) is 4.99 Å². The summed E-state index contributed by atoms with van der Waals surface area (Å²) >= 11 is 0. The Hall–Kier alpha value is -1.19. The summed E-state index contributed by atoms with van der Waals surface area (Å²) in [5, 5.41) is 6.14. The van der Waals surface area contributed by atoms with E-state index in [1.54, 1.807) is 0 Å². The predicted octanol–water partition coefficient (Wildman–Crippen LogP) is 3.97. The van der Waals surface area contributed by atoms with Gasteiger partial charge in [-0.25, -0.2) is 0 Å². The molecule has 2 N–H and O–H groups in total. The predicted molar refractivity (Wildman–Crippen MR) is 101 cm³/mol. The van der Waals surface area contributed by atoms with E-state index < -0.39 is 12.6 Å². The standard InChI is InChI=1S/C16H24F3N3O.HI/c1-2-20-15(21-11-7-6-10-16(17,18)19)22-12-13-23-14-8-4-3-5-9-14;/h3-5,8-9H,2,6-7,10-13H2,1H3,(H2,20,21,22);1H. The Labute approximate surface area is 158 Å². The van der Waals surface area contributed by atoms with Gasteiger partial charge in [0.25, 0.3) is 0 Å². The minimum atomic E-state index is -4.08. The zero-order valence-electron chi connectivity index (χ0n) is 13.7. The van der Waals surface area contributed by atoms with Gasteiger partial charge < -0.3 is 15.4 Å². The van der Waals surface area contributed by atoms with Gasteiger partial charge in [0, 0.05) is 19.5 Å². The fraction of sp³-hybridized carbons (Fsp3) is 0.562. The van der Waals surface area contributed by atoms with E-state index in [1.807, 2.05) is 37.3 Å². The van der Waals surface area contributed by atoms with Crippen LogP contribution in [0.5, 0.6) is 5.75 Å². The monoisotopic (exact) mass is 459 g/mol. The van der Waals surface area contributed by atoms with Crippen LogP contribution in [-0.4, -0.2) is 38.4 Å². The van der Waals surface area contributed by atoms with Gasteiger partial charge in [0.1, 0.15) is 12.4 Å². The quantitative estimate of drug-likeness (QED) is 0.254. The zero-order valence-corrected chi connectivity index (χ0v) is 16.1. The van der Waals surface area contributed by atoms with E-state index in [4.69, 9.17) is 4.74 Å². The SMILES string of the molecule is CCNC(=NCCCCC(F)(F)F)NCCOc1ccccc1.I. The van der Waals surface area contributed by atoms with Crippen LogP contribution < -0.4 is 15.4 Å². The molecule has 0 spiro atoms. The smallest absolute Gasteiger partial charge is 0.389 e. The van der Waals surface area contributed by atoms with E-state index in [1.165, 1.54) is 0 Å². The van der Waals surface area contributed by atoms with Crippen LogP contribution in [0.3, 0.4) is 0 Å². The second-order valence-electron chi connectivity index (χ2n) is 4.92. The third-order valence-corrected chi connectivity index (χ3v) is 2.89. The highest BCUT2D eigenvalue weighted by Crippen LogP contribution is 2.21. The summed E-state index contributed by atoms with van der Waals surface area (Å²) in [6.45, 7) is 4.02. The molecule has 0 saturated heterocycles. The van der Waals surface area contributed by atoms with Gasteiger partial charge in [-0.15, -0.1) is 24.0 Å². The number of nitrogens with one attached hydrogen (secondary N) is 2. The minimum absolute atomic E-state index is 0. The lowest BCUT2D eigenvalue weighted by molar-refractivity contribution is -0.135. The van der Waals surface area contributed by atoms with Gasteiger partial charge >= 0.3 is 6.18 Å². The Morgan fingerprint density at radius 3 is 2.46 bits per heavy atom. The zero-order chi connectivity index (χ0) is 17.0. The van der Waals surface area contributed by atoms with E-state index >= 15 is 0 Å². The van der Waals surface area contributed by atoms with Gasteiger partial charge in [0.15, 0.2) is 5.96 Å². The van der Waals surface area contributed by atoms with Crippen molar-refractivity contribution in [2.45, 2.75) is 32.4 Å². The maximum atomic E-state index is 12.0. The fourth-order valence-electron chi connectivity index (χ4n) is 1.82. The Morgan fingerprint density at radius 1 is 1.12 bits per heavy atom. The summed E-state index contributed by atoms with van der Waals surface area (Å²) in [4.78, 5) is 4.25. The Morgan fingerprint density at radius 2 is 1.83 bits per heavy atom. The molecule has 138 valence electrons. The molecule has 0 radical (unpaired) electrons. The molecule has 0 bridgehead atoms. The lowest BCUT2D eigenvalue weighted by Gasteiger charge is -2.12. The third-order valence-electron chi connectivity index (χ3n) is 2.89. The molecule has 1 rings (SSSR count). The lowest BCUT2D eigenvalue weighted by Crippen LogP contribution is -2.39. The van der Waals surface area contributed by atoms with Crippen molar-refractivity contribution in [3.8, 4) is 5.75 Å². The van der Waals surface area contributed by atoms with Crippen molar-refractivity contribution >= 4 is 29.9 Å². The molecule has 0 aliphatic heterocycles. The molecule has 0 aromatic heterocycles. The first kappa shape index (κ1) is 22.8. The van der Waals surface area contributed by atoms with Gasteiger partial charge in [0.05, 0.1) is 6.54 Å². The summed E-state index contributed by atoms with van der Waals surface area (Å²) in [5.41, 5.74) is 0. The van der Waals surface area contributed by atoms with Gasteiger partial charge in [-0.2, -0.15) is 13.2 Å². The maximum absolute atomic E-state index is 12.0. The van der Waals surface area contributed by atoms with E-state index in [0.29, 0.717) is 38.6 Å². The van der Waals surface area contributed by atoms with Crippen LogP contribution in [0.4, 0.5) is 13.2 Å². The number of rotatable bonds is 9. The molecule has 1 aromatic rings. The Bertz CT molecular complexity index is 456. The minimum Gasteiger partial charge on any atom is -0.492 e. The van der Waals surface area contributed by atoms with Crippen LogP contribution in [0, 0.1) is 0 Å². The van der Waals surface area contributed by atoms with Crippen molar-refractivity contribution in [1.82, 2.24) is 10.6 Å². The van der Waals surface area contributed by atoms with Gasteiger partial charge in [0.2, 0.25) is 0 Å². The first-order valence-electron chi connectivity index (χ1n) is 7.78. The van der Waals surface area contributed by atoms with Crippen molar-refractivity contribution in [2.24, 2.45) is 4.99 Å². The second-order valence-corrected chi connectivity index (χ2v) is 4.92. The van der Waals surface area contributed by atoms with Crippen LogP contribution in [0.1, 0.15) is 26.2 Å². The molecule has 4 nitrogen and oxygen atoms in total. The number of alkyl halides is 3. The summed E-state index contributed by atoms with van der Waals surface area (Å²) in [5.74, 6) is 1.39. The fourth-order valence-corrected chi connectivity index (χ4v) is 1.82. The normalized spacial score (nSPS) is 11.6. The highest BCUT2D eigenvalue weighted by molar-refractivity contribution is 14.0. The van der Waals surface area contributed by atoms with Crippen LogP contribution in [0.15, 0.2) is 35.3 Å². The number of hydrogen-bond donors (Lipinski definition) is 2. The van der Waals surface area contributed by atoms with Crippen molar-refractivity contribution in [1.29, 1.82) is 0 Å². The van der Waals surface area contributed by atoms with E-state index in [-0.39, 0.29) is 30.4 Å². The molecule has 8 heteroatoms. The molecule has 0 aliphatic carbocycles. The molecule has 0 heterocycles. The molecule has 0 fully saturated rings. The number of halogens is 4. The lowest BCUT2D eigenvalue weighted by atomic mass is 10.2. The van der Waals surface area contributed by atoms with Gasteiger partial charge in [-0.1, -0.05) is 18.2 Å². The first-order valence-corrected chi connectivity index (χ1v) is 7.78. The summed E-state index contributed by atoms with van der Waals surface area (Å²) in [6.07, 6.45) is -4.32. The maximum Gasteiger partial charge on any atom is 0.389 e. The number of guanidine groups is 1. The number of unbranched alkanes of at least 4 members (excludes halogenated alkanes) is 1. The first-order chi connectivity index (χ1) is 11.0. The van der Waals surface area contributed by atoms with Crippen LogP contribution in [-0.2, 0) is 0 Å². The van der Waals surface area contributed by atoms with Crippen LogP contribution in [0.2, 0.25) is 0 Å². The molecule has 24 heavy (non-hydrogen) atoms. The van der Waals surface area contributed by atoms with Crippen molar-refractivity contribution in [2.75, 3.05) is 26.2 Å².